The van der Waals surface area contributed by atoms with Crippen molar-refractivity contribution in [2.75, 3.05) is 0 Å². The van der Waals surface area contributed by atoms with Gasteiger partial charge in [-0.2, -0.15) is 0 Å². The minimum Gasteiger partial charge on any atom is -0.0836 e. The van der Waals surface area contributed by atoms with Crippen molar-refractivity contribution in [3.63, 3.8) is 0 Å². The van der Waals surface area contributed by atoms with Gasteiger partial charge < -0.3 is 0 Å². The van der Waals surface area contributed by atoms with E-state index in [2.05, 4.69) is 79.9 Å². The van der Waals surface area contributed by atoms with Crippen molar-refractivity contribution in [2.24, 2.45) is 0 Å². The molecule has 0 N–H and O–H groups in total. The third-order valence-corrected chi connectivity index (χ3v) is 7.09. The highest BCUT2D eigenvalue weighted by molar-refractivity contribution is 14.1. The molecule has 0 atom stereocenters. The number of rotatable bonds is 1. The van der Waals surface area contributed by atoms with Gasteiger partial charge in [-0.3, -0.25) is 0 Å². The summed E-state index contributed by atoms with van der Waals surface area (Å²) in [5, 5.41) is 1.63. The monoisotopic (exact) mass is 634 g/mol. The maximum atomic E-state index is 6.29. The van der Waals surface area contributed by atoms with E-state index in [1.807, 2.05) is 0 Å². The molecule has 0 aliphatic rings. The molecular formula is C12H4Cl3I3. The van der Waals surface area contributed by atoms with Crippen molar-refractivity contribution < 1.29 is 0 Å². The zero-order chi connectivity index (χ0) is 13.4. The van der Waals surface area contributed by atoms with Crippen molar-refractivity contribution in [3.8, 4) is 11.1 Å². The fourth-order valence-corrected chi connectivity index (χ4v) is 4.67. The van der Waals surface area contributed by atoms with E-state index in [1.165, 1.54) is 3.57 Å². The molecule has 94 valence electrons. The van der Waals surface area contributed by atoms with E-state index >= 15 is 0 Å². The second kappa shape index (κ2) is 6.51. The molecule has 0 bridgehead atoms. The average molecular weight is 635 g/mol. The summed E-state index contributed by atoms with van der Waals surface area (Å²) in [6, 6.07) is 7.65. The molecule has 0 heterocycles. The minimum absolute atomic E-state index is 0.500. The Labute approximate surface area is 161 Å². The molecule has 2 rings (SSSR count). The van der Waals surface area contributed by atoms with Gasteiger partial charge in [-0.1, -0.05) is 34.8 Å². The van der Waals surface area contributed by atoms with Gasteiger partial charge in [0.2, 0.25) is 0 Å². The number of benzene rings is 2. The molecule has 0 saturated heterocycles. The Bertz CT molecular complexity index is 626. The Kier molecular flexibility index (Phi) is 5.74. The summed E-state index contributed by atoms with van der Waals surface area (Å²) in [6.45, 7) is 0. The van der Waals surface area contributed by atoms with Crippen LogP contribution in [0.25, 0.3) is 11.1 Å². The van der Waals surface area contributed by atoms with E-state index < -0.39 is 0 Å². The zero-order valence-electron chi connectivity index (χ0n) is 8.58. The number of hydrogen-bond donors (Lipinski definition) is 0. The molecule has 0 radical (unpaired) electrons. The van der Waals surface area contributed by atoms with Crippen LogP contribution < -0.4 is 0 Å². The van der Waals surface area contributed by atoms with Crippen LogP contribution in [0.3, 0.4) is 0 Å². The van der Waals surface area contributed by atoms with E-state index in [0.717, 1.165) is 18.3 Å². The molecular weight excluding hydrogens is 631 g/mol. The Morgan fingerprint density at radius 2 is 1.44 bits per heavy atom. The van der Waals surface area contributed by atoms with Crippen LogP contribution in [0.2, 0.25) is 15.1 Å². The predicted molar refractivity (Wildman–Crippen MR) is 105 cm³/mol. The van der Waals surface area contributed by atoms with Crippen LogP contribution in [0.15, 0.2) is 24.3 Å². The van der Waals surface area contributed by atoms with Crippen LogP contribution in [-0.2, 0) is 0 Å². The molecule has 0 fully saturated rings. The van der Waals surface area contributed by atoms with Gasteiger partial charge in [0.05, 0.1) is 15.1 Å². The summed E-state index contributed by atoms with van der Waals surface area (Å²) < 4.78 is 3.43. The van der Waals surface area contributed by atoms with Crippen molar-refractivity contribution in [2.45, 2.75) is 0 Å². The topological polar surface area (TPSA) is 0 Å². The molecule has 0 nitrogen and oxygen atoms in total. The maximum absolute atomic E-state index is 6.29. The summed E-state index contributed by atoms with van der Waals surface area (Å²) in [6.07, 6.45) is 0. The van der Waals surface area contributed by atoms with E-state index in [4.69, 9.17) is 34.8 Å². The summed E-state index contributed by atoms with van der Waals surface area (Å²) in [5.74, 6) is 0. The Balaban J connectivity index is 2.81. The van der Waals surface area contributed by atoms with Crippen molar-refractivity contribution in [1.29, 1.82) is 0 Å². The van der Waals surface area contributed by atoms with E-state index in [-0.39, 0.29) is 0 Å². The normalized spacial score (nSPS) is 10.8. The molecule has 2 aromatic carbocycles. The lowest BCUT2D eigenvalue weighted by Crippen LogP contribution is -1.91. The lowest BCUT2D eigenvalue weighted by Gasteiger charge is -2.12. The van der Waals surface area contributed by atoms with Crippen molar-refractivity contribution in [3.05, 3.63) is 50.0 Å². The standard InChI is InChI=1S/C12H4Cl3I3/c13-7-1-2-8(14)11(15)10(7)6-3-5(16)4-9(17)12(6)18/h1-4H. The summed E-state index contributed by atoms with van der Waals surface area (Å²) in [5.41, 5.74) is 1.82. The lowest BCUT2D eigenvalue weighted by molar-refractivity contribution is 1.51. The molecule has 6 heteroatoms. The molecule has 0 saturated carbocycles. The van der Waals surface area contributed by atoms with Gasteiger partial charge in [0.1, 0.15) is 0 Å². The highest BCUT2D eigenvalue weighted by Gasteiger charge is 2.16. The summed E-state index contributed by atoms with van der Waals surface area (Å²) in [7, 11) is 0. The minimum atomic E-state index is 0.500. The smallest absolute Gasteiger partial charge is 0.0686 e. The lowest BCUT2D eigenvalue weighted by atomic mass is 10.1. The van der Waals surface area contributed by atoms with Gasteiger partial charge in [0.25, 0.3) is 0 Å². The quantitative estimate of drug-likeness (QED) is 0.231. The fourth-order valence-electron chi connectivity index (χ4n) is 1.51. The van der Waals surface area contributed by atoms with Gasteiger partial charge >= 0.3 is 0 Å². The van der Waals surface area contributed by atoms with E-state index in [9.17, 15) is 0 Å². The second-order valence-corrected chi connectivity index (χ2v) is 8.15. The van der Waals surface area contributed by atoms with Gasteiger partial charge in [0, 0.05) is 21.8 Å². The zero-order valence-corrected chi connectivity index (χ0v) is 17.3. The van der Waals surface area contributed by atoms with Crippen LogP contribution in [-0.4, -0.2) is 0 Å². The van der Waals surface area contributed by atoms with Crippen molar-refractivity contribution >= 4 is 103 Å². The Morgan fingerprint density at radius 1 is 0.833 bits per heavy atom. The largest absolute Gasteiger partial charge is 0.0836 e. The maximum Gasteiger partial charge on any atom is 0.0686 e. The molecule has 0 spiro atoms. The number of halogens is 6. The van der Waals surface area contributed by atoms with E-state index in [1.54, 1.807) is 12.1 Å². The Morgan fingerprint density at radius 3 is 2.11 bits per heavy atom. The first kappa shape index (κ1) is 15.9. The molecule has 2 aromatic rings. The molecule has 0 amide bonds. The van der Waals surface area contributed by atoms with Crippen LogP contribution in [0.5, 0.6) is 0 Å². The fraction of sp³-hybridized carbons (Fsp3) is 0. The molecule has 0 aliphatic heterocycles. The molecule has 0 aliphatic carbocycles. The van der Waals surface area contributed by atoms with Crippen LogP contribution >= 0.6 is 103 Å². The first-order chi connectivity index (χ1) is 8.41. The predicted octanol–water partition coefficient (Wildman–Crippen LogP) is 7.13. The SMILES string of the molecule is Clc1ccc(Cl)c(-c2cc(I)cc(I)c2I)c1Cl. The van der Waals surface area contributed by atoms with Crippen LogP contribution in [0, 0.1) is 10.7 Å². The van der Waals surface area contributed by atoms with Gasteiger partial charge in [-0.05, 0) is 92.0 Å². The van der Waals surface area contributed by atoms with Crippen LogP contribution in [0.1, 0.15) is 0 Å². The highest BCUT2D eigenvalue weighted by Crippen LogP contribution is 2.42. The molecule has 0 aromatic heterocycles. The molecule has 18 heavy (non-hydrogen) atoms. The first-order valence-corrected chi connectivity index (χ1v) is 9.07. The van der Waals surface area contributed by atoms with Crippen LogP contribution in [0.4, 0.5) is 0 Å². The Hall–Kier alpha value is 1.50. The van der Waals surface area contributed by atoms with Gasteiger partial charge in [-0.25, -0.2) is 0 Å². The van der Waals surface area contributed by atoms with E-state index in [0.29, 0.717) is 15.1 Å². The average Bonchev–Trinajstić information content (AvgIpc) is 2.30. The first-order valence-electron chi connectivity index (χ1n) is 4.70. The van der Waals surface area contributed by atoms with Crippen molar-refractivity contribution in [1.82, 2.24) is 0 Å². The highest BCUT2D eigenvalue weighted by atomic mass is 127. The van der Waals surface area contributed by atoms with Gasteiger partial charge in [0.15, 0.2) is 0 Å². The summed E-state index contributed by atoms with van der Waals surface area (Å²) in [4.78, 5) is 0. The van der Waals surface area contributed by atoms with Gasteiger partial charge in [-0.15, -0.1) is 0 Å². The number of hydrogen-bond acceptors (Lipinski definition) is 0. The molecule has 0 unspecified atom stereocenters. The second-order valence-electron chi connectivity index (χ2n) is 3.47. The third-order valence-electron chi connectivity index (χ3n) is 2.31. The summed E-state index contributed by atoms with van der Waals surface area (Å²) >= 11 is 25.5. The third kappa shape index (κ3) is 3.21.